The number of fused-ring (bicyclic) bond motifs is 1. The maximum atomic E-state index is 6.04. The van der Waals surface area contributed by atoms with Crippen molar-refractivity contribution in [3.05, 3.63) is 36.5 Å². The molecule has 2 aromatic rings. The van der Waals surface area contributed by atoms with E-state index in [2.05, 4.69) is 54.9 Å². The molecule has 1 aliphatic heterocycles. The van der Waals surface area contributed by atoms with Crippen molar-refractivity contribution in [2.24, 2.45) is 0 Å². The lowest BCUT2D eigenvalue weighted by Gasteiger charge is -2.33. The highest BCUT2D eigenvalue weighted by molar-refractivity contribution is 5.80. The monoisotopic (exact) mass is 259 g/mol. The molecule has 0 radical (unpaired) electrons. The van der Waals surface area contributed by atoms with Gasteiger partial charge in [-0.3, -0.25) is 0 Å². The number of benzene rings is 1. The Kier molecular flexibility index (Phi) is 2.73. The summed E-state index contributed by atoms with van der Waals surface area (Å²) < 4.78 is 14.0. The standard InChI is InChI=1S/C16H21NO2/c1-15(2,14-11-18-16(3,4)19-14)17-10-9-12-7-5-6-8-13(12)17/h5-10,14H,11H2,1-4H3/t14-/m0/s1. The first-order valence-electron chi connectivity index (χ1n) is 6.78. The van der Waals surface area contributed by atoms with Gasteiger partial charge in [-0.15, -0.1) is 0 Å². The van der Waals surface area contributed by atoms with Gasteiger partial charge in [-0.1, -0.05) is 18.2 Å². The maximum Gasteiger partial charge on any atom is 0.163 e. The van der Waals surface area contributed by atoms with Gasteiger partial charge in [0.25, 0.3) is 0 Å². The van der Waals surface area contributed by atoms with Gasteiger partial charge < -0.3 is 14.0 Å². The van der Waals surface area contributed by atoms with Crippen LogP contribution in [0.15, 0.2) is 36.5 Å². The summed E-state index contributed by atoms with van der Waals surface area (Å²) in [5.41, 5.74) is 1.09. The van der Waals surface area contributed by atoms with Crippen LogP contribution in [0.5, 0.6) is 0 Å². The summed E-state index contributed by atoms with van der Waals surface area (Å²) in [4.78, 5) is 0. The Morgan fingerprint density at radius 3 is 2.63 bits per heavy atom. The van der Waals surface area contributed by atoms with Gasteiger partial charge in [-0.25, -0.2) is 0 Å². The van der Waals surface area contributed by atoms with E-state index in [-0.39, 0.29) is 11.6 Å². The van der Waals surface area contributed by atoms with Crippen molar-refractivity contribution in [2.75, 3.05) is 6.61 Å². The molecular weight excluding hydrogens is 238 g/mol. The summed E-state index contributed by atoms with van der Waals surface area (Å²) >= 11 is 0. The van der Waals surface area contributed by atoms with Gasteiger partial charge in [0.05, 0.1) is 12.1 Å². The summed E-state index contributed by atoms with van der Waals surface area (Å²) in [5, 5.41) is 1.26. The van der Waals surface area contributed by atoms with Crippen LogP contribution in [-0.2, 0) is 15.0 Å². The minimum atomic E-state index is -0.481. The van der Waals surface area contributed by atoms with E-state index < -0.39 is 5.79 Å². The molecule has 3 nitrogen and oxygen atoms in total. The molecule has 0 amide bonds. The van der Waals surface area contributed by atoms with Gasteiger partial charge in [-0.2, -0.15) is 0 Å². The fourth-order valence-electron chi connectivity index (χ4n) is 2.78. The molecule has 3 heteroatoms. The summed E-state index contributed by atoms with van der Waals surface area (Å²) in [7, 11) is 0. The second-order valence-corrected chi connectivity index (χ2v) is 6.22. The summed E-state index contributed by atoms with van der Waals surface area (Å²) in [6.07, 6.45) is 2.19. The first-order valence-corrected chi connectivity index (χ1v) is 6.78. The Labute approximate surface area is 114 Å². The minimum Gasteiger partial charge on any atom is -0.348 e. The molecule has 0 aliphatic carbocycles. The fourth-order valence-corrected chi connectivity index (χ4v) is 2.78. The molecule has 0 bridgehead atoms. The third kappa shape index (κ3) is 2.07. The van der Waals surface area contributed by atoms with Crippen molar-refractivity contribution >= 4 is 10.9 Å². The normalized spacial score (nSPS) is 23.1. The second kappa shape index (κ2) is 4.09. The number of nitrogens with zero attached hydrogens (tertiary/aromatic N) is 1. The largest absolute Gasteiger partial charge is 0.348 e. The molecule has 0 unspecified atom stereocenters. The second-order valence-electron chi connectivity index (χ2n) is 6.22. The molecular formula is C16H21NO2. The summed E-state index contributed by atoms with van der Waals surface area (Å²) in [6, 6.07) is 10.6. The van der Waals surface area contributed by atoms with Gasteiger partial charge in [0.2, 0.25) is 0 Å². The van der Waals surface area contributed by atoms with Crippen molar-refractivity contribution in [1.82, 2.24) is 4.57 Å². The molecule has 102 valence electrons. The number of ether oxygens (including phenoxy) is 2. The SMILES string of the molecule is CC1(C)OC[C@@H](C(C)(C)n2ccc3ccccc32)O1. The Morgan fingerprint density at radius 2 is 1.95 bits per heavy atom. The lowest BCUT2D eigenvalue weighted by molar-refractivity contribution is -0.149. The van der Waals surface area contributed by atoms with Crippen LogP contribution in [0.3, 0.4) is 0 Å². The van der Waals surface area contributed by atoms with Crippen LogP contribution in [0.2, 0.25) is 0 Å². The zero-order valence-corrected chi connectivity index (χ0v) is 12.0. The number of rotatable bonds is 2. The first kappa shape index (κ1) is 12.7. The van der Waals surface area contributed by atoms with Crippen molar-refractivity contribution < 1.29 is 9.47 Å². The van der Waals surface area contributed by atoms with E-state index in [1.165, 1.54) is 10.9 Å². The highest BCUT2D eigenvalue weighted by atomic mass is 16.7. The zero-order valence-electron chi connectivity index (χ0n) is 12.0. The third-order valence-electron chi connectivity index (χ3n) is 4.02. The molecule has 3 rings (SSSR count). The Balaban J connectivity index is 2.00. The molecule has 1 saturated heterocycles. The Hall–Kier alpha value is -1.32. The predicted molar refractivity (Wildman–Crippen MR) is 76.2 cm³/mol. The van der Waals surface area contributed by atoms with Gasteiger partial charge >= 0.3 is 0 Å². The van der Waals surface area contributed by atoms with Crippen LogP contribution in [0.4, 0.5) is 0 Å². The van der Waals surface area contributed by atoms with E-state index in [1.54, 1.807) is 0 Å². The van der Waals surface area contributed by atoms with Crippen LogP contribution in [0.1, 0.15) is 27.7 Å². The van der Waals surface area contributed by atoms with Crippen molar-refractivity contribution in [3.63, 3.8) is 0 Å². The molecule has 1 aromatic carbocycles. The average molecular weight is 259 g/mol. The summed E-state index contributed by atoms with van der Waals surface area (Å²) in [6.45, 7) is 8.98. The van der Waals surface area contributed by atoms with Crippen LogP contribution in [0.25, 0.3) is 10.9 Å². The maximum absolute atomic E-state index is 6.04. The van der Waals surface area contributed by atoms with Crippen LogP contribution >= 0.6 is 0 Å². The zero-order chi connectivity index (χ0) is 13.7. The van der Waals surface area contributed by atoms with Gasteiger partial charge in [0, 0.05) is 11.7 Å². The molecule has 1 aliphatic rings. The number of aromatic nitrogens is 1. The van der Waals surface area contributed by atoms with E-state index in [9.17, 15) is 0 Å². The van der Waals surface area contributed by atoms with Gasteiger partial charge in [-0.05, 0) is 45.2 Å². The van der Waals surface area contributed by atoms with Crippen LogP contribution in [0, 0.1) is 0 Å². The highest BCUT2D eigenvalue weighted by Crippen LogP contribution is 2.35. The topological polar surface area (TPSA) is 23.4 Å². The number of hydrogen-bond acceptors (Lipinski definition) is 2. The smallest absolute Gasteiger partial charge is 0.163 e. The van der Waals surface area contributed by atoms with Crippen molar-refractivity contribution in [3.8, 4) is 0 Å². The van der Waals surface area contributed by atoms with E-state index in [1.807, 2.05) is 13.8 Å². The van der Waals surface area contributed by atoms with Crippen molar-refractivity contribution in [2.45, 2.75) is 45.1 Å². The predicted octanol–water partition coefficient (Wildman–Crippen LogP) is 3.53. The Bertz CT molecular complexity index is 598. The molecule has 2 heterocycles. The van der Waals surface area contributed by atoms with Gasteiger partial charge in [0.1, 0.15) is 6.10 Å². The third-order valence-corrected chi connectivity index (χ3v) is 4.02. The molecule has 0 spiro atoms. The average Bonchev–Trinajstić information content (AvgIpc) is 2.92. The number of hydrogen-bond donors (Lipinski definition) is 0. The molecule has 0 N–H and O–H groups in total. The lowest BCUT2D eigenvalue weighted by Crippen LogP contribution is -2.41. The van der Waals surface area contributed by atoms with E-state index >= 15 is 0 Å². The van der Waals surface area contributed by atoms with Crippen LogP contribution in [-0.4, -0.2) is 23.1 Å². The van der Waals surface area contributed by atoms with E-state index in [0.29, 0.717) is 6.61 Å². The van der Waals surface area contributed by atoms with E-state index in [4.69, 9.17) is 9.47 Å². The lowest BCUT2D eigenvalue weighted by atomic mass is 9.97. The van der Waals surface area contributed by atoms with E-state index in [0.717, 1.165) is 0 Å². The highest BCUT2D eigenvalue weighted by Gasteiger charge is 2.42. The number of para-hydroxylation sites is 1. The minimum absolute atomic E-state index is 0.0540. The first-order chi connectivity index (χ1) is 8.90. The molecule has 1 aromatic heterocycles. The Morgan fingerprint density at radius 1 is 1.21 bits per heavy atom. The molecule has 19 heavy (non-hydrogen) atoms. The van der Waals surface area contributed by atoms with Gasteiger partial charge in [0.15, 0.2) is 5.79 Å². The molecule has 1 fully saturated rings. The fraction of sp³-hybridized carbons (Fsp3) is 0.500. The molecule has 0 saturated carbocycles. The quantitative estimate of drug-likeness (QED) is 0.823. The van der Waals surface area contributed by atoms with Crippen LogP contribution < -0.4 is 0 Å². The molecule has 1 atom stereocenters. The van der Waals surface area contributed by atoms with Crippen molar-refractivity contribution in [1.29, 1.82) is 0 Å². The summed E-state index contributed by atoms with van der Waals surface area (Å²) in [5.74, 6) is -0.481.